The van der Waals surface area contributed by atoms with Crippen LogP contribution in [0.2, 0.25) is 0 Å². The summed E-state index contributed by atoms with van der Waals surface area (Å²) >= 11 is 6.51. The Bertz CT molecular complexity index is 503. The molecule has 5 atom stereocenters. The van der Waals surface area contributed by atoms with E-state index in [0.717, 1.165) is 32.1 Å². The Kier molecular flexibility index (Phi) is 11.0. The molecule has 0 radical (unpaired) electrons. The summed E-state index contributed by atoms with van der Waals surface area (Å²) in [5, 5.41) is 21.0. The van der Waals surface area contributed by atoms with Gasteiger partial charge in [0.05, 0.1) is 24.9 Å². The number of halogens is 1. The average molecular weight is 431 g/mol. The lowest BCUT2D eigenvalue weighted by atomic mass is 9.81. The van der Waals surface area contributed by atoms with Crippen LogP contribution in [0.3, 0.4) is 0 Å². The van der Waals surface area contributed by atoms with E-state index in [1.165, 1.54) is 19.3 Å². The quantitative estimate of drug-likeness (QED) is 0.222. The molecule has 2 aliphatic carbocycles. The molecular formula is C23H39ClO5. The van der Waals surface area contributed by atoms with Gasteiger partial charge in [-0.2, -0.15) is 0 Å². The number of alkyl halides is 1. The lowest BCUT2D eigenvalue weighted by molar-refractivity contribution is -0.152. The van der Waals surface area contributed by atoms with Crippen molar-refractivity contribution in [2.24, 2.45) is 17.8 Å². The molecule has 2 rings (SSSR count). The minimum atomic E-state index is -0.392. The standard InChI is InChI=1S/C23H39ClO5/c1-16(2)29-23(27)15-28-13-7-6-10-18-19(22(26)14-20(18)24)11-12-21(25)17-8-4-3-5-9-17/h6-7,16-22,25-26H,3-5,8-15H2,1-2H3/b7-6-/t18-,19-,20-,21-,22-/m1/s1. The number of aliphatic hydroxyl groups excluding tert-OH is 2. The van der Waals surface area contributed by atoms with Crippen LogP contribution in [0.4, 0.5) is 0 Å². The first kappa shape index (κ1) is 24.6. The van der Waals surface area contributed by atoms with Crippen molar-refractivity contribution in [2.75, 3.05) is 13.2 Å². The molecule has 168 valence electrons. The number of carbonyl (C=O) groups excluding carboxylic acids is 1. The van der Waals surface area contributed by atoms with Gasteiger partial charge in [-0.15, -0.1) is 11.6 Å². The van der Waals surface area contributed by atoms with E-state index in [4.69, 9.17) is 21.1 Å². The highest BCUT2D eigenvalue weighted by atomic mass is 35.5. The van der Waals surface area contributed by atoms with E-state index in [2.05, 4.69) is 0 Å². The zero-order chi connectivity index (χ0) is 21.2. The number of rotatable bonds is 11. The zero-order valence-corrected chi connectivity index (χ0v) is 18.7. The summed E-state index contributed by atoms with van der Waals surface area (Å²) < 4.78 is 10.3. The molecule has 0 saturated heterocycles. The molecule has 2 N–H and O–H groups in total. The Morgan fingerprint density at radius 3 is 2.59 bits per heavy atom. The number of hydrogen-bond donors (Lipinski definition) is 2. The number of hydrogen-bond acceptors (Lipinski definition) is 5. The summed E-state index contributed by atoms with van der Waals surface area (Å²) in [4.78, 5) is 11.4. The number of esters is 1. The molecule has 0 heterocycles. The molecule has 2 aliphatic rings. The van der Waals surface area contributed by atoms with Crippen molar-refractivity contribution in [3.63, 3.8) is 0 Å². The Labute approximate surface area is 180 Å². The maximum absolute atomic E-state index is 11.4. The van der Waals surface area contributed by atoms with E-state index in [1.807, 2.05) is 12.2 Å². The van der Waals surface area contributed by atoms with E-state index in [1.54, 1.807) is 13.8 Å². The topological polar surface area (TPSA) is 76.0 Å². The normalized spacial score (nSPS) is 29.6. The Morgan fingerprint density at radius 1 is 1.17 bits per heavy atom. The third-order valence-electron chi connectivity index (χ3n) is 6.34. The van der Waals surface area contributed by atoms with Crippen molar-refractivity contribution in [2.45, 2.75) is 95.3 Å². The second-order valence-corrected chi connectivity index (χ2v) is 9.51. The van der Waals surface area contributed by atoms with Crippen molar-refractivity contribution >= 4 is 17.6 Å². The highest BCUT2D eigenvalue weighted by molar-refractivity contribution is 6.21. The van der Waals surface area contributed by atoms with Crippen molar-refractivity contribution < 1.29 is 24.5 Å². The van der Waals surface area contributed by atoms with Crippen LogP contribution in [-0.2, 0) is 14.3 Å². The smallest absolute Gasteiger partial charge is 0.332 e. The SMILES string of the molecule is CC(C)OC(=O)COC/C=C\C[C@@H]1[C@@H](CC[C@@H](O)C2CCCCC2)[C@H](O)C[C@H]1Cl. The van der Waals surface area contributed by atoms with Gasteiger partial charge in [-0.05, 0) is 70.1 Å². The lowest BCUT2D eigenvalue weighted by Crippen LogP contribution is -2.26. The van der Waals surface area contributed by atoms with Crippen LogP contribution in [-0.4, -0.2) is 53.1 Å². The van der Waals surface area contributed by atoms with E-state index in [-0.39, 0.29) is 42.0 Å². The molecule has 0 aromatic carbocycles. The summed E-state index contributed by atoms with van der Waals surface area (Å²) in [5.41, 5.74) is 0. The maximum Gasteiger partial charge on any atom is 0.332 e. The molecule has 0 amide bonds. The van der Waals surface area contributed by atoms with Crippen molar-refractivity contribution in [1.29, 1.82) is 0 Å². The second-order valence-electron chi connectivity index (χ2n) is 8.95. The van der Waals surface area contributed by atoms with Gasteiger partial charge >= 0.3 is 5.97 Å². The first-order valence-electron chi connectivity index (χ1n) is 11.3. The summed E-state index contributed by atoms with van der Waals surface area (Å²) in [6, 6.07) is 0. The Balaban J connectivity index is 1.72. The predicted octanol–water partition coefficient (Wildman–Crippen LogP) is 4.23. The van der Waals surface area contributed by atoms with Crippen LogP contribution < -0.4 is 0 Å². The molecular weight excluding hydrogens is 392 g/mol. The van der Waals surface area contributed by atoms with E-state index >= 15 is 0 Å². The third-order valence-corrected chi connectivity index (χ3v) is 6.84. The fourth-order valence-electron chi connectivity index (χ4n) is 4.81. The van der Waals surface area contributed by atoms with Gasteiger partial charge < -0.3 is 19.7 Å². The van der Waals surface area contributed by atoms with Gasteiger partial charge in [-0.1, -0.05) is 31.4 Å². The van der Waals surface area contributed by atoms with E-state index in [0.29, 0.717) is 18.9 Å². The van der Waals surface area contributed by atoms with Crippen molar-refractivity contribution in [3.8, 4) is 0 Å². The fourth-order valence-corrected chi connectivity index (χ4v) is 5.28. The summed E-state index contributed by atoms with van der Waals surface area (Å²) in [7, 11) is 0. The average Bonchev–Trinajstić information content (AvgIpc) is 2.95. The molecule has 5 nitrogen and oxygen atoms in total. The number of allylic oxidation sites excluding steroid dienone is 1. The molecule has 0 aliphatic heterocycles. The van der Waals surface area contributed by atoms with Crippen molar-refractivity contribution in [1.82, 2.24) is 0 Å². The number of ether oxygens (including phenoxy) is 2. The minimum absolute atomic E-state index is 0.0478. The highest BCUT2D eigenvalue weighted by Gasteiger charge is 2.40. The van der Waals surface area contributed by atoms with Gasteiger partial charge in [-0.25, -0.2) is 4.79 Å². The number of carbonyl (C=O) groups is 1. The largest absolute Gasteiger partial charge is 0.461 e. The van der Waals surface area contributed by atoms with Crippen LogP contribution in [0.5, 0.6) is 0 Å². The molecule has 2 fully saturated rings. The van der Waals surface area contributed by atoms with E-state index < -0.39 is 6.10 Å². The second kappa shape index (κ2) is 12.9. The fraction of sp³-hybridized carbons (Fsp3) is 0.870. The van der Waals surface area contributed by atoms with Gasteiger partial charge in [-0.3, -0.25) is 0 Å². The van der Waals surface area contributed by atoms with Gasteiger partial charge in [0.1, 0.15) is 6.61 Å². The Morgan fingerprint density at radius 2 is 1.90 bits per heavy atom. The van der Waals surface area contributed by atoms with Crippen LogP contribution >= 0.6 is 11.6 Å². The molecule has 6 heteroatoms. The van der Waals surface area contributed by atoms with Gasteiger partial charge in [0.15, 0.2) is 0 Å². The first-order chi connectivity index (χ1) is 13.9. The summed E-state index contributed by atoms with van der Waals surface area (Å²) in [6.45, 7) is 3.91. The zero-order valence-electron chi connectivity index (χ0n) is 18.0. The summed E-state index contributed by atoms with van der Waals surface area (Å²) in [5.74, 6) is 0.395. The monoisotopic (exact) mass is 430 g/mol. The molecule has 2 saturated carbocycles. The molecule has 0 spiro atoms. The molecule has 0 bridgehead atoms. The molecule has 29 heavy (non-hydrogen) atoms. The highest BCUT2D eigenvalue weighted by Crippen LogP contribution is 2.42. The first-order valence-corrected chi connectivity index (χ1v) is 11.7. The van der Waals surface area contributed by atoms with Crippen LogP contribution in [0.15, 0.2) is 12.2 Å². The van der Waals surface area contributed by atoms with Crippen LogP contribution in [0, 0.1) is 17.8 Å². The van der Waals surface area contributed by atoms with E-state index in [9.17, 15) is 15.0 Å². The third kappa shape index (κ3) is 8.56. The number of aliphatic hydroxyl groups is 2. The Hall–Kier alpha value is -0.620. The summed E-state index contributed by atoms with van der Waals surface area (Å²) in [6.07, 6.45) is 12.1. The molecule has 0 aromatic rings. The van der Waals surface area contributed by atoms with Gasteiger partial charge in [0.25, 0.3) is 0 Å². The minimum Gasteiger partial charge on any atom is -0.461 e. The molecule has 0 unspecified atom stereocenters. The maximum atomic E-state index is 11.4. The predicted molar refractivity (Wildman–Crippen MR) is 115 cm³/mol. The van der Waals surface area contributed by atoms with Crippen LogP contribution in [0.1, 0.15) is 71.6 Å². The van der Waals surface area contributed by atoms with Crippen LogP contribution in [0.25, 0.3) is 0 Å². The molecule has 0 aromatic heterocycles. The van der Waals surface area contributed by atoms with Gasteiger partial charge in [0.2, 0.25) is 0 Å². The van der Waals surface area contributed by atoms with Crippen molar-refractivity contribution in [3.05, 3.63) is 12.2 Å². The lowest BCUT2D eigenvalue weighted by Gasteiger charge is -2.29. The van der Waals surface area contributed by atoms with Gasteiger partial charge in [0, 0.05) is 5.38 Å².